The van der Waals surface area contributed by atoms with E-state index in [9.17, 15) is 0 Å². The Balaban J connectivity index is 1.73. The normalized spacial score (nSPS) is 16.8. The SMILES string of the molecule is Cc1ccc2c(c1)-c1c(ssc1=Nc1ccc3c(c1)OCO3)C(C)(C)N2. The Hall–Kier alpha value is -2.31. The van der Waals surface area contributed by atoms with E-state index in [2.05, 4.69) is 44.3 Å². The molecule has 6 heteroatoms. The number of rotatable bonds is 1. The van der Waals surface area contributed by atoms with Crippen LogP contribution < -0.4 is 19.5 Å². The second-order valence-electron chi connectivity index (χ2n) is 7.12. The minimum Gasteiger partial charge on any atom is -0.454 e. The van der Waals surface area contributed by atoms with Gasteiger partial charge in [0, 0.05) is 22.9 Å². The largest absolute Gasteiger partial charge is 0.454 e. The number of hydrogen-bond donors (Lipinski definition) is 1. The van der Waals surface area contributed by atoms with Gasteiger partial charge < -0.3 is 14.8 Å². The lowest BCUT2D eigenvalue weighted by molar-refractivity contribution is 0.174. The number of anilines is 1. The van der Waals surface area contributed by atoms with E-state index in [4.69, 9.17) is 14.5 Å². The quantitative estimate of drug-likeness (QED) is 0.573. The van der Waals surface area contributed by atoms with Crippen LogP contribution in [0.1, 0.15) is 24.3 Å². The van der Waals surface area contributed by atoms with E-state index in [0.29, 0.717) is 0 Å². The predicted octanol–water partition coefficient (Wildman–Crippen LogP) is 5.41. The van der Waals surface area contributed by atoms with Crippen molar-refractivity contribution in [2.24, 2.45) is 4.99 Å². The summed E-state index contributed by atoms with van der Waals surface area (Å²) in [4.78, 5) is 6.29. The van der Waals surface area contributed by atoms with Crippen molar-refractivity contribution in [2.45, 2.75) is 26.3 Å². The molecular weight excluding hydrogens is 364 g/mol. The van der Waals surface area contributed by atoms with E-state index in [1.54, 1.807) is 20.7 Å². The average molecular weight is 383 g/mol. The Kier molecular flexibility index (Phi) is 3.42. The van der Waals surface area contributed by atoms with Gasteiger partial charge in [-0.1, -0.05) is 32.3 Å². The number of aryl methyl sites for hydroxylation is 1. The molecule has 5 rings (SSSR count). The monoisotopic (exact) mass is 382 g/mol. The van der Waals surface area contributed by atoms with Gasteiger partial charge >= 0.3 is 0 Å². The summed E-state index contributed by atoms with van der Waals surface area (Å²) in [6.07, 6.45) is 0. The molecule has 0 atom stereocenters. The van der Waals surface area contributed by atoms with Crippen LogP contribution in [0.5, 0.6) is 11.5 Å². The molecule has 2 aromatic carbocycles. The number of fused-ring (bicyclic) bond motifs is 4. The third-order valence-electron chi connectivity index (χ3n) is 4.69. The Labute approximate surface area is 159 Å². The summed E-state index contributed by atoms with van der Waals surface area (Å²) in [6, 6.07) is 12.4. The second-order valence-corrected chi connectivity index (χ2v) is 9.25. The Morgan fingerprint density at radius 3 is 2.77 bits per heavy atom. The first-order valence-electron chi connectivity index (χ1n) is 8.48. The predicted molar refractivity (Wildman–Crippen MR) is 107 cm³/mol. The fourth-order valence-electron chi connectivity index (χ4n) is 3.43. The third-order valence-corrected chi connectivity index (χ3v) is 7.33. The van der Waals surface area contributed by atoms with E-state index in [0.717, 1.165) is 21.9 Å². The summed E-state index contributed by atoms with van der Waals surface area (Å²) in [7, 11) is 3.53. The maximum Gasteiger partial charge on any atom is 0.231 e. The van der Waals surface area contributed by atoms with Crippen LogP contribution in [0.15, 0.2) is 41.4 Å². The van der Waals surface area contributed by atoms with Crippen LogP contribution in [0.3, 0.4) is 0 Å². The molecule has 0 radical (unpaired) electrons. The Bertz CT molecular complexity index is 1100. The van der Waals surface area contributed by atoms with Gasteiger partial charge in [0.05, 0.1) is 16.1 Å². The van der Waals surface area contributed by atoms with Gasteiger partial charge in [-0.3, -0.25) is 0 Å². The van der Waals surface area contributed by atoms with Crippen LogP contribution in [0.4, 0.5) is 11.4 Å². The zero-order valence-electron chi connectivity index (χ0n) is 14.8. The molecule has 0 saturated carbocycles. The van der Waals surface area contributed by atoms with Crippen molar-refractivity contribution >= 4 is 32.1 Å². The van der Waals surface area contributed by atoms with Gasteiger partial charge in [0.25, 0.3) is 0 Å². The highest BCUT2D eigenvalue weighted by atomic mass is 32.9. The van der Waals surface area contributed by atoms with Crippen molar-refractivity contribution < 1.29 is 9.47 Å². The summed E-state index contributed by atoms with van der Waals surface area (Å²) in [5.74, 6) is 1.55. The zero-order chi connectivity index (χ0) is 17.9. The lowest BCUT2D eigenvalue weighted by Gasteiger charge is -2.33. The van der Waals surface area contributed by atoms with Crippen molar-refractivity contribution in [3.05, 3.63) is 51.5 Å². The Morgan fingerprint density at radius 1 is 1.04 bits per heavy atom. The zero-order valence-corrected chi connectivity index (χ0v) is 16.4. The van der Waals surface area contributed by atoms with Gasteiger partial charge in [0.15, 0.2) is 11.5 Å². The Morgan fingerprint density at radius 2 is 1.88 bits per heavy atom. The average Bonchev–Trinajstić information content (AvgIpc) is 3.23. The van der Waals surface area contributed by atoms with Crippen molar-refractivity contribution in [3.8, 4) is 22.6 Å². The fraction of sp³-hybridized carbons (Fsp3) is 0.250. The summed E-state index contributed by atoms with van der Waals surface area (Å²) in [5, 5.41) is 3.67. The summed E-state index contributed by atoms with van der Waals surface area (Å²) < 4.78 is 11.9. The number of hydrogen-bond acceptors (Lipinski definition) is 6. The number of ether oxygens (including phenoxy) is 2. The van der Waals surface area contributed by atoms with Gasteiger partial charge in [-0.05, 0) is 45.0 Å². The van der Waals surface area contributed by atoms with Gasteiger partial charge in [-0.25, -0.2) is 4.99 Å². The van der Waals surface area contributed by atoms with Crippen LogP contribution in [-0.4, -0.2) is 6.79 Å². The molecule has 2 aliphatic heterocycles. The smallest absolute Gasteiger partial charge is 0.231 e. The van der Waals surface area contributed by atoms with Crippen molar-refractivity contribution in [3.63, 3.8) is 0 Å². The van der Waals surface area contributed by atoms with E-state index in [1.807, 2.05) is 18.2 Å². The summed E-state index contributed by atoms with van der Waals surface area (Å²) >= 11 is 0. The molecule has 4 nitrogen and oxygen atoms in total. The standard InChI is InChI=1S/C20H18N2O2S2/c1-11-4-6-14-13(8-11)17-18(20(2,3)22-14)25-26-19(17)21-12-5-7-15-16(9-12)24-10-23-15/h4-9,22H,10H2,1-3H3. The lowest BCUT2D eigenvalue weighted by Crippen LogP contribution is -2.31. The topological polar surface area (TPSA) is 42.9 Å². The van der Waals surface area contributed by atoms with E-state index in [1.165, 1.54) is 27.3 Å². The second kappa shape index (κ2) is 5.59. The van der Waals surface area contributed by atoms with Gasteiger partial charge in [-0.15, -0.1) is 0 Å². The van der Waals surface area contributed by atoms with Gasteiger partial charge in [0.1, 0.15) is 4.67 Å². The highest BCUT2D eigenvalue weighted by molar-refractivity contribution is 7.68. The molecule has 0 amide bonds. The molecule has 0 aliphatic carbocycles. The van der Waals surface area contributed by atoms with Crippen LogP contribution >= 0.6 is 20.7 Å². The number of nitrogens with zero attached hydrogens (tertiary/aromatic N) is 1. The molecule has 1 N–H and O–H groups in total. The molecule has 132 valence electrons. The van der Waals surface area contributed by atoms with Crippen LogP contribution in [-0.2, 0) is 5.54 Å². The van der Waals surface area contributed by atoms with Gasteiger partial charge in [0.2, 0.25) is 6.79 Å². The maximum atomic E-state index is 5.49. The molecule has 0 fully saturated rings. The highest BCUT2D eigenvalue weighted by Gasteiger charge is 2.33. The maximum absolute atomic E-state index is 5.49. The first-order valence-corrected chi connectivity index (χ1v) is 10.6. The molecule has 3 aromatic rings. The molecule has 3 heterocycles. The molecule has 0 bridgehead atoms. The summed E-state index contributed by atoms with van der Waals surface area (Å²) in [5.41, 5.74) is 5.68. The van der Waals surface area contributed by atoms with E-state index in [-0.39, 0.29) is 12.3 Å². The molecular formula is C20H18N2O2S2. The molecule has 0 unspecified atom stereocenters. The molecule has 1 aromatic heterocycles. The highest BCUT2D eigenvalue weighted by Crippen LogP contribution is 2.45. The third kappa shape index (κ3) is 2.44. The number of nitrogens with one attached hydrogen (secondary N) is 1. The van der Waals surface area contributed by atoms with Crippen LogP contribution in [0.25, 0.3) is 11.1 Å². The minimum atomic E-state index is -0.110. The van der Waals surface area contributed by atoms with Crippen molar-refractivity contribution in [1.82, 2.24) is 0 Å². The molecule has 0 saturated heterocycles. The fourth-order valence-corrected chi connectivity index (χ4v) is 6.37. The van der Waals surface area contributed by atoms with E-state index < -0.39 is 0 Å². The first kappa shape index (κ1) is 15.9. The minimum absolute atomic E-state index is 0.110. The van der Waals surface area contributed by atoms with Crippen molar-refractivity contribution in [2.75, 3.05) is 12.1 Å². The lowest BCUT2D eigenvalue weighted by atomic mass is 9.89. The number of benzene rings is 2. The van der Waals surface area contributed by atoms with Crippen molar-refractivity contribution in [1.29, 1.82) is 0 Å². The van der Waals surface area contributed by atoms with Gasteiger partial charge in [-0.2, -0.15) is 0 Å². The van der Waals surface area contributed by atoms with E-state index >= 15 is 0 Å². The van der Waals surface area contributed by atoms with Crippen LogP contribution in [0, 0.1) is 6.92 Å². The van der Waals surface area contributed by atoms with Crippen LogP contribution in [0.2, 0.25) is 0 Å². The molecule has 0 spiro atoms. The molecule has 2 aliphatic rings. The molecule has 26 heavy (non-hydrogen) atoms. The first-order chi connectivity index (χ1) is 12.5. The summed E-state index contributed by atoms with van der Waals surface area (Å²) in [6.45, 7) is 6.86.